The highest BCUT2D eigenvalue weighted by molar-refractivity contribution is 7.99. The molecule has 3 rings (SSSR count). The normalized spacial score (nSPS) is 11.2. The van der Waals surface area contributed by atoms with Crippen LogP contribution in [0.25, 0.3) is 0 Å². The van der Waals surface area contributed by atoms with Crippen LogP contribution in [-0.4, -0.2) is 26.6 Å². The summed E-state index contributed by atoms with van der Waals surface area (Å²) in [5, 5.41) is 12.2. The molecule has 0 aliphatic rings. The zero-order valence-corrected chi connectivity index (χ0v) is 14.8. The summed E-state index contributed by atoms with van der Waals surface area (Å²) < 4.78 is 5.81. The van der Waals surface area contributed by atoms with Crippen molar-refractivity contribution >= 4 is 23.9 Å². The second-order valence-electron chi connectivity index (χ2n) is 5.49. The van der Waals surface area contributed by atoms with E-state index in [9.17, 15) is 0 Å². The Bertz CT molecular complexity index is 832. The Kier molecular flexibility index (Phi) is 5.69. The molecule has 2 aromatic carbocycles. The standard InChI is InChI=1S/C18H19N5OS/c1-13(2)25-18-20-17(22-23-18)21-19-12-14-7-6-10-16(11-14)24-15-8-4-3-5-9-15/h3-13H,1-2H3,(H2,20,21,22,23)/b19-12-. The van der Waals surface area contributed by atoms with Crippen LogP contribution < -0.4 is 10.2 Å². The van der Waals surface area contributed by atoms with Gasteiger partial charge in [0.15, 0.2) is 0 Å². The number of hydrogen-bond acceptors (Lipinski definition) is 6. The fourth-order valence-corrected chi connectivity index (χ4v) is 2.67. The quantitative estimate of drug-likeness (QED) is 0.370. The van der Waals surface area contributed by atoms with Crippen molar-refractivity contribution in [2.24, 2.45) is 5.10 Å². The molecule has 6 nitrogen and oxygen atoms in total. The molecule has 1 aromatic heterocycles. The van der Waals surface area contributed by atoms with Gasteiger partial charge in [-0.15, -0.1) is 5.10 Å². The van der Waals surface area contributed by atoms with Crippen molar-refractivity contribution in [1.29, 1.82) is 0 Å². The second kappa shape index (κ2) is 8.34. The van der Waals surface area contributed by atoms with Crippen molar-refractivity contribution < 1.29 is 4.74 Å². The van der Waals surface area contributed by atoms with E-state index in [0.717, 1.165) is 17.1 Å². The number of nitrogens with zero attached hydrogens (tertiary/aromatic N) is 3. The van der Waals surface area contributed by atoms with E-state index < -0.39 is 0 Å². The van der Waals surface area contributed by atoms with Crippen molar-refractivity contribution in [2.45, 2.75) is 24.3 Å². The van der Waals surface area contributed by atoms with Crippen molar-refractivity contribution in [3.63, 3.8) is 0 Å². The van der Waals surface area contributed by atoms with Gasteiger partial charge in [0.2, 0.25) is 11.1 Å². The van der Waals surface area contributed by atoms with E-state index >= 15 is 0 Å². The van der Waals surface area contributed by atoms with Crippen LogP contribution in [0, 0.1) is 0 Å². The van der Waals surface area contributed by atoms with Gasteiger partial charge in [0.25, 0.3) is 0 Å². The highest BCUT2D eigenvalue weighted by atomic mass is 32.2. The maximum absolute atomic E-state index is 5.81. The number of thioether (sulfide) groups is 1. The molecule has 0 radical (unpaired) electrons. The van der Waals surface area contributed by atoms with Gasteiger partial charge in [0.1, 0.15) is 11.5 Å². The van der Waals surface area contributed by atoms with Gasteiger partial charge in [-0.25, -0.2) is 10.5 Å². The lowest BCUT2D eigenvalue weighted by atomic mass is 10.2. The third-order valence-electron chi connectivity index (χ3n) is 3.03. The first-order valence-electron chi connectivity index (χ1n) is 7.90. The Morgan fingerprint density at radius 2 is 1.92 bits per heavy atom. The molecule has 0 saturated heterocycles. The van der Waals surface area contributed by atoms with Crippen LogP contribution in [0.4, 0.5) is 5.95 Å². The molecule has 2 N–H and O–H groups in total. The van der Waals surface area contributed by atoms with Gasteiger partial charge in [-0.3, -0.25) is 0 Å². The average Bonchev–Trinajstić information content (AvgIpc) is 3.03. The number of hydrogen-bond donors (Lipinski definition) is 2. The lowest BCUT2D eigenvalue weighted by Crippen LogP contribution is -1.93. The van der Waals surface area contributed by atoms with Crippen LogP contribution in [0.3, 0.4) is 0 Å². The van der Waals surface area contributed by atoms with Crippen LogP contribution in [0.5, 0.6) is 11.5 Å². The number of ether oxygens (including phenoxy) is 1. The van der Waals surface area contributed by atoms with E-state index in [0.29, 0.717) is 16.4 Å². The third kappa shape index (κ3) is 5.36. The summed E-state index contributed by atoms with van der Waals surface area (Å²) in [5.41, 5.74) is 3.76. The predicted octanol–water partition coefficient (Wildman–Crippen LogP) is 4.54. The van der Waals surface area contributed by atoms with E-state index in [-0.39, 0.29) is 0 Å². The van der Waals surface area contributed by atoms with E-state index in [2.05, 4.69) is 39.6 Å². The van der Waals surface area contributed by atoms with Crippen molar-refractivity contribution in [3.8, 4) is 11.5 Å². The van der Waals surface area contributed by atoms with Gasteiger partial charge in [-0.1, -0.05) is 55.9 Å². The summed E-state index contributed by atoms with van der Waals surface area (Å²) in [7, 11) is 0. The van der Waals surface area contributed by atoms with E-state index in [1.165, 1.54) is 0 Å². The van der Waals surface area contributed by atoms with Crippen molar-refractivity contribution in [3.05, 3.63) is 60.2 Å². The van der Waals surface area contributed by atoms with Gasteiger partial charge in [0.05, 0.1) is 6.21 Å². The minimum absolute atomic E-state index is 0.430. The largest absolute Gasteiger partial charge is 0.457 e. The molecule has 3 aromatic rings. The summed E-state index contributed by atoms with van der Waals surface area (Å²) in [6.45, 7) is 4.19. The van der Waals surface area contributed by atoms with Gasteiger partial charge in [0, 0.05) is 5.25 Å². The Morgan fingerprint density at radius 1 is 1.12 bits per heavy atom. The average molecular weight is 353 g/mol. The minimum atomic E-state index is 0.430. The molecule has 0 spiro atoms. The molecule has 0 unspecified atom stereocenters. The van der Waals surface area contributed by atoms with Crippen LogP contribution >= 0.6 is 11.8 Å². The number of aromatic nitrogens is 3. The van der Waals surface area contributed by atoms with Crippen LogP contribution in [0.15, 0.2) is 64.9 Å². The number of para-hydroxylation sites is 1. The van der Waals surface area contributed by atoms with E-state index in [1.54, 1.807) is 18.0 Å². The van der Waals surface area contributed by atoms with E-state index in [1.807, 2.05) is 54.6 Å². The summed E-state index contributed by atoms with van der Waals surface area (Å²) in [6.07, 6.45) is 1.70. The zero-order valence-electron chi connectivity index (χ0n) is 14.0. The Morgan fingerprint density at radius 3 is 2.72 bits per heavy atom. The topological polar surface area (TPSA) is 75.2 Å². The highest BCUT2D eigenvalue weighted by Gasteiger charge is 2.05. The number of anilines is 1. The number of hydrazone groups is 1. The van der Waals surface area contributed by atoms with Crippen LogP contribution in [0.2, 0.25) is 0 Å². The lowest BCUT2D eigenvalue weighted by Gasteiger charge is -2.05. The lowest BCUT2D eigenvalue weighted by molar-refractivity contribution is 0.482. The molecule has 0 saturated carbocycles. The fourth-order valence-electron chi connectivity index (χ4n) is 2.01. The zero-order chi connectivity index (χ0) is 17.5. The molecule has 7 heteroatoms. The molecule has 0 aliphatic carbocycles. The highest BCUT2D eigenvalue weighted by Crippen LogP contribution is 2.21. The summed E-state index contributed by atoms with van der Waals surface area (Å²) in [4.78, 5) is 4.30. The van der Waals surface area contributed by atoms with Gasteiger partial charge < -0.3 is 4.74 Å². The number of nitrogens with one attached hydrogen (secondary N) is 2. The SMILES string of the molecule is CC(C)Sc1n[nH]c(N/N=C\c2cccc(Oc3ccccc3)c2)n1. The second-order valence-corrected chi connectivity index (χ2v) is 7.03. The maximum atomic E-state index is 5.81. The molecule has 0 bridgehead atoms. The van der Waals surface area contributed by atoms with Crippen LogP contribution in [-0.2, 0) is 0 Å². The monoisotopic (exact) mass is 353 g/mol. The maximum Gasteiger partial charge on any atom is 0.240 e. The first-order valence-corrected chi connectivity index (χ1v) is 8.78. The first-order chi connectivity index (χ1) is 12.2. The number of aromatic amines is 1. The summed E-state index contributed by atoms with van der Waals surface area (Å²) >= 11 is 1.59. The number of rotatable bonds is 7. The Hall–Kier alpha value is -2.80. The molecule has 25 heavy (non-hydrogen) atoms. The van der Waals surface area contributed by atoms with Crippen LogP contribution in [0.1, 0.15) is 19.4 Å². The molecular weight excluding hydrogens is 334 g/mol. The van der Waals surface area contributed by atoms with Crippen molar-refractivity contribution in [1.82, 2.24) is 15.2 Å². The number of H-pyrrole nitrogens is 1. The summed E-state index contributed by atoms with van der Waals surface area (Å²) in [6, 6.07) is 17.4. The summed E-state index contributed by atoms with van der Waals surface area (Å²) in [5.74, 6) is 2.06. The molecule has 1 heterocycles. The molecule has 0 amide bonds. The van der Waals surface area contributed by atoms with Gasteiger partial charge >= 0.3 is 0 Å². The number of benzene rings is 2. The predicted molar refractivity (Wildman–Crippen MR) is 102 cm³/mol. The minimum Gasteiger partial charge on any atom is -0.457 e. The fraction of sp³-hybridized carbons (Fsp3) is 0.167. The molecule has 0 fully saturated rings. The van der Waals surface area contributed by atoms with Crippen molar-refractivity contribution in [2.75, 3.05) is 5.43 Å². The smallest absolute Gasteiger partial charge is 0.240 e. The molecular formula is C18H19N5OS. The first kappa shape index (κ1) is 17.0. The molecule has 0 aliphatic heterocycles. The van der Waals surface area contributed by atoms with Gasteiger partial charge in [-0.2, -0.15) is 10.1 Å². The Balaban J connectivity index is 1.60. The molecule has 128 valence electrons. The van der Waals surface area contributed by atoms with Gasteiger partial charge in [-0.05, 0) is 29.8 Å². The molecule has 0 atom stereocenters. The van der Waals surface area contributed by atoms with E-state index in [4.69, 9.17) is 4.74 Å². The third-order valence-corrected chi connectivity index (χ3v) is 3.89. The Labute approximate surface area is 150 Å².